The van der Waals surface area contributed by atoms with Gasteiger partial charge in [0.15, 0.2) is 6.29 Å². The number of ether oxygens (including phenoxy) is 2. The van der Waals surface area contributed by atoms with Crippen LogP contribution in [0.25, 0.3) is 0 Å². The van der Waals surface area contributed by atoms with Gasteiger partial charge in [-0.15, -0.1) is 0 Å². The fourth-order valence-corrected chi connectivity index (χ4v) is 2.03. The van der Waals surface area contributed by atoms with Crippen molar-refractivity contribution in [2.24, 2.45) is 0 Å². The van der Waals surface area contributed by atoms with Gasteiger partial charge in [-0.3, -0.25) is 0 Å². The Morgan fingerprint density at radius 1 is 1.15 bits per heavy atom. The third kappa shape index (κ3) is 4.95. The van der Waals surface area contributed by atoms with Crippen LogP contribution in [0.5, 0.6) is 0 Å². The van der Waals surface area contributed by atoms with Crippen molar-refractivity contribution in [3.63, 3.8) is 0 Å². The number of nitrogens with one attached hydrogen (secondary N) is 1. The Labute approximate surface area is 121 Å². The molecule has 1 heterocycles. The highest BCUT2D eigenvalue weighted by molar-refractivity contribution is 4.90. The van der Waals surface area contributed by atoms with Gasteiger partial charge in [0, 0.05) is 19.2 Å². The van der Waals surface area contributed by atoms with Gasteiger partial charge in [-0.25, -0.2) is 0 Å². The first kappa shape index (κ1) is 17.8. The lowest BCUT2D eigenvalue weighted by Crippen LogP contribution is -2.60. The van der Waals surface area contributed by atoms with Gasteiger partial charge < -0.3 is 30.1 Å². The molecule has 1 aliphatic heterocycles. The largest absolute Gasteiger partial charge is 0.388 e. The predicted octanol–water partition coefficient (Wildman–Crippen LogP) is -0.00120. The summed E-state index contributed by atoms with van der Waals surface area (Å²) in [4.78, 5) is 0. The lowest BCUT2D eigenvalue weighted by atomic mass is 9.98. The summed E-state index contributed by atoms with van der Waals surface area (Å²) in [6.07, 6.45) is -2.26. The molecule has 0 radical (unpaired) electrons. The summed E-state index contributed by atoms with van der Waals surface area (Å²) in [6, 6.07) is 0.300. The maximum Gasteiger partial charge on any atom is 0.186 e. The molecule has 0 aromatic heterocycles. The van der Waals surface area contributed by atoms with Gasteiger partial charge in [0.1, 0.15) is 24.4 Å². The zero-order valence-corrected chi connectivity index (χ0v) is 12.7. The molecule has 0 aliphatic carbocycles. The van der Waals surface area contributed by atoms with Crippen LogP contribution in [0.3, 0.4) is 0 Å². The Morgan fingerprint density at radius 3 is 2.45 bits per heavy atom. The first-order valence-corrected chi connectivity index (χ1v) is 7.55. The van der Waals surface area contributed by atoms with Crippen LogP contribution in [0.2, 0.25) is 0 Å². The molecule has 1 aliphatic rings. The summed E-state index contributed by atoms with van der Waals surface area (Å²) >= 11 is 0. The van der Waals surface area contributed by atoms with Crippen molar-refractivity contribution < 1.29 is 24.8 Å². The van der Waals surface area contributed by atoms with Crippen LogP contribution in [-0.4, -0.2) is 65.2 Å². The monoisotopic (exact) mass is 291 g/mol. The Morgan fingerprint density at radius 2 is 1.85 bits per heavy atom. The van der Waals surface area contributed by atoms with Gasteiger partial charge in [0.2, 0.25) is 0 Å². The smallest absolute Gasteiger partial charge is 0.186 e. The molecule has 2 unspecified atom stereocenters. The van der Waals surface area contributed by atoms with Crippen molar-refractivity contribution in [3.05, 3.63) is 0 Å². The average molecular weight is 291 g/mol. The molecule has 6 atom stereocenters. The van der Waals surface area contributed by atoms with Gasteiger partial charge in [-0.1, -0.05) is 20.3 Å². The van der Waals surface area contributed by atoms with Gasteiger partial charge in [0.05, 0.1) is 0 Å². The average Bonchev–Trinajstić information content (AvgIpc) is 2.45. The molecule has 0 amide bonds. The maximum atomic E-state index is 9.95. The van der Waals surface area contributed by atoms with Crippen LogP contribution >= 0.6 is 0 Å². The Balaban J connectivity index is 2.52. The summed E-state index contributed by atoms with van der Waals surface area (Å²) in [6.45, 7) is 7.01. The molecule has 6 heteroatoms. The van der Waals surface area contributed by atoms with Crippen molar-refractivity contribution in [1.29, 1.82) is 0 Å². The number of aliphatic hydroxyl groups is 3. The van der Waals surface area contributed by atoms with Crippen LogP contribution in [0, 0.1) is 0 Å². The van der Waals surface area contributed by atoms with Crippen molar-refractivity contribution in [1.82, 2.24) is 5.32 Å². The van der Waals surface area contributed by atoms with Crippen LogP contribution in [-0.2, 0) is 9.47 Å². The molecule has 20 heavy (non-hydrogen) atoms. The topological polar surface area (TPSA) is 91.2 Å². The second-order valence-corrected chi connectivity index (χ2v) is 5.46. The quantitative estimate of drug-likeness (QED) is 0.471. The van der Waals surface area contributed by atoms with Crippen molar-refractivity contribution in [2.45, 2.75) is 76.8 Å². The molecule has 1 rings (SSSR count). The highest BCUT2D eigenvalue weighted by Gasteiger charge is 2.44. The van der Waals surface area contributed by atoms with Crippen LogP contribution in [0.4, 0.5) is 0 Å². The standard InChI is InChI=1S/C14H29NO5/c1-4-6-7-19-14-13(18)12(17)11(16)10(20-14)8-15-9(3)5-2/h9-18H,4-8H2,1-3H3/t9?,10-,11-,12+,13-,14?/m1/s1. The van der Waals surface area contributed by atoms with Gasteiger partial charge >= 0.3 is 0 Å². The minimum atomic E-state index is -1.25. The van der Waals surface area contributed by atoms with Crippen LogP contribution < -0.4 is 5.32 Å². The van der Waals surface area contributed by atoms with E-state index in [0.29, 0.717) is 19.2 Å². The molecule has 120 valence electrons. The lowest BCUT2D eigenvalue weighted by Gasteiger charge is -2.40. The number of hydrogen-bond donors (Lipinski definition) is 4. The van der Waals surface area contributed by atoms with Crippen molar-refractivity contribution in [3.8, 4) is 0 Å². The van der Waals surface area contributed by atoms with Crippen molar-refractivity contribution in [2.75, 3.05) is 13.2 Å². The maximum absolute atomic E-state index is 9.95. The Bertz CT molecular complexity index is 266. The summed E-state index contributed by atoms with van der Waals surface area (Å²) in [7, 11) is 0. The molecule has 1 fully saturated rings. The van der Waals surface area contributed by atoms with Gasteiger partial charge in [-0.05, 0) is 19.8 Å². The van der Waals surface area contributed by atoms with E-state index in [2.05, 4.69) is 12.2 Å². The van der Waals surface area contributed by atoms with E-state index in [9.17, 15) is 15.3 Å². The van der Waals surface area contributed by atoms with Gasteiger partial charge in [0.25, 0.3) is 0 Å². The summed E-state index contributed by atoms with van der Waals surface area (Å²) in [5.74, 6) is 0. The van der Waals surface area contributed by atoms with E-state index in [0.717, 1.165) is 19.3 Å². The second kappa shape index (κ2) is 8.92. The first-order chi connectivity index (χ1) is 9.51. The third-order valence-corrected chi connectivity index (χ3v) is 3.73. The summed E-state index contributed by atoms with van der Waals surface area (Å²) in [5.41, 5.74) is 0. The normalized spacial score (nSPS) is 36.0. The fraction of sp³-hybridized carbons (Fsp3) is 1.00. The van der Waals surface area contributed by atoms with E-state index in [-0.39, 0.29) is 0 Å². The van der Waals surface area contributed by atoms with Crippen LogP contribution in [0.1, 0.15) is 40.0 Å². The van der Waals surface area contributed by atoms with E-state index < -0.39 is 30.7 Å². The first-order valence-electron chi connectivity index (χ1n) is 7.55. The SMILES string of the molecule is CCCCOC1O[C@H](CNC(C)CC)[C@@H](O)[C@H](O)[C@H]1O. The zero-order chi connectivity index (χ0) is 15.1. The van der Waals surface area contributed by atoms with E-state index in [4.69, 9.17) is 9.47 Å². The minimum Gasteiger partial charge on any atom is -0.388 e. The van der Waals surface area contributed by atoms with E-state index in [1.165, 1.54) is 0 Å². The Hall–Kier alpha value is -0.240. The Kier molecular flexibility index (Phi) is 7.94. The third-order valence-electron chi connectivity index (χ3n) is 3.73. The fourth-order valence-electron chi connectivity index (χ4n) is 2.03. The van der Waals surface area contributed by atoms with E-state index in [1.807, 2.05) is 13.8 Å². The minimum absolute atomic E-state index is 0.300. The molecule has 6 nitrogen and oxygen atoms in total. The molecule has 0 spiro atoms. The molecule has 0 saturated carbocycles. The highest BCUT2D eigenvalue weighted by Crippen LogP contribution is 2.22. The molecule has 0 aromatic carbocycles. The zero-order valence-electron chi connectivity index (χ0n) is 12.7. The molecular formula is C14H29NO5. The molecule has 0 aromatic rings. The predicted molar refractivity (Wildman–Crippen MR) is 75.3 cm³/mol. The number of rotatable bonds is 8. The van der Waals surface area contributed by atoms with Crippen molar-refractivity contribution >= 4 is 0 Å². The molecule has 4 N–H and O–H groups in total. The highest BCUT2D eigenvalue weighted by atomic mass is 16.7. The van der Waals surface area contributed by atoms with Crippen LogP contribution in [0.15, 0.2) is 0 Å². The molecular weight excluding hydrogens is 262 g/mol. The van der Waals surface area contributed by atoms with E-state index in [1.54, 1.807) is 0 Å². The van der Waals surface area contributed by atoms with Gasteiger partial charge in [-0.2, -0.15) is 0 Å². The number of hydrogen-bond acceptors (Lipinski definition) is 6. The molecule has 1 saturated heterocycles. The second-order valence-electron chi connectivity index (χ2n) is 5.46. The molecule has 0 bridgehead atoms. The lowest BCUT2D eigenvalue weighted by molar-refractivity contribution is -0.295. The summed E-state index contributed by atoms with van der Waals surface area (Å²) < 4.78 is 11.0. The number of unbranched alkanes of at least 4 members (excludes halogenated alkanes) is 1. The number of aliphatic hydroxyl groups excluding tert-OH is 3. The van der Waals surface area contributed by atoms with E-state index >= 15 is 0 Å². The summed E-state index contributed by atoms with van der Waals surface area (Å²) in [5, 5.41) is 32.9.